The van der Waals surface area contributed by atoms with Gasteiger partial charge in [0.2, 0.25) is 5.91 Å². The minimum absolute atomic E-state index is 0.132. The Morgan fingerprint density at radius 2 is 1.95 bits per heavy atom. The van der Waals surface area contributed by atoms with Gasteiger partial charge in [-0.1, -0.05) is 13.8 Å². The molecule has 2 rings (SSSR count). The number of urea groups is 1. The number of ether oxygens (including phenoxy) is 1. The van der Waals surface area contributed by atoms with Crippen molar-refractivity contribution in [3.63, 3.8) is 0 Å². The number of carbonyl (C=O) groups is 2. The molecule has 1 aromatic carbocycles. The van der Waals surface area contributed by atoms with Gasteiger partial charge in [0.15, 0.2) is 0 Å². The summed E-state index contributed by atoms with van der Waals surface area (Å²) in [6, 6.07) is 6.55. The van der Waals surface area contributed by atoms with Gasteiger partial charge in [-0.15, -0.1) is 0 Å². The minimum Gasteiger partial charge on any atom is -0.497 e. The van der Waals surface area contributed by atoms with Crippen molar-refractivity contribution in [2.24, 2.45) is 11.8 Å². The first kappa shape index (κ1) is 14.4. The zero-order valence-electron chi connectivity index (χ0n) is 12.1. The van der Waals surface area contributed by atoms with E-state index in [1.807, 2.05) is 0 Å². The number of hydrogen-bond donors (Lipinski definition) is 1. The molecule has 5 heteroatoms. The number of benzene rings is 1. The molecule has 20 heavy (non-hydrogen) atoms. The van der Waals surface area contributed by atoms with Crippen LogP contribution in [0.1, 0.15) is 20.3 Å². The number of nitrogens with zero attached hydrogens (tertiary/aromatic N) is 1. The zero-order chi connectivity index (χ0) is 14.7. The van der Waals surface area contributed by atoms with E-state index in [-0.39, 0.29) is 17.9 Å². The predicted octanol–water partition coefficient (Wildman–Crippen LogP) is 2.41. The molecule has 1 atom stereocenters. The van der Waals surface area contributed by atoms with Crippen molar-refractivity contribution in [3.05, 3.63) is 24.3 Å². The van der Waals surface area contributed by atoms with Crippen LogP contribution in [-0.4, -0.2) is 25.6 Å². The van der Waals surface area contributed by atoms with Gasteiger partial charge in [-0.25, -0.2) is 9.69 Å². The van der Waals surface area contributed by atoms with Gasteiger partial charge in [0.25, 0.3) is 0 Å². The van der Waals surface area contributed by atoms with E-state index in [4.69, 9.17) is 4.74 Å². The maximum absolute atomic E-state index is 12.5. The summed E-state index contributed by atoms with van der Waals surface area (Å²) in [5.41, 5.74) is 0.571. The van der Waals surface area contributed by atoms with Crippen molar-refractivity contribution in [2.45, 2.75) is 20.3 Å². The molecule has 0 aliphatic carbocycles. The summed E-state index contributed by atoms with van der Waals surface area (Å²) < 4.78 is 5.08. The molecular weight excluding hydrogens is 256 g/mol. The van der Waals surface area contributed by atoms with Gasteiger partial charge in [-0.2, -0.15) is 0 Å². The second-order valence-electron chi connectivity index (χ2n) is 5.38. The molecule has 0 saturated carbocycles. The first-order valence-electron chi connectivity index (χ1n) is 6.78. The Bertz CT molecular complexity index is 496. The highest BCUT2D eigenvalue weighted by Gasteiger charge is 2.35. The lowest BCUT2D eigenvalue weighted by molar-refractivity contribution is -0.122. The highest BCUT2D eigenvalue weighted by Crippen LogP contribution is 2.25. The van der Waals surface area contributed by atoms with Crippen molar-refractivity contribution < 1.29 is 14.3 Å². The van der Waals surface area contributed by atoms with E-state index in [1.165, 1.54) is 4.90 Å². The summed E-state index contributed by atoms with van der Waals surface area (Å²) in [4.78, 5) is 25.6. The summed E-state index contributed by atoms with van der Waals surface area (Å²) >= 11 is 0. The molecular formula is C15H20N2O3. The Morgan fingerprint density at radius 1 is 1.30 bits per heavy atom. The van der Waals surface area contributed by atoms with E-state index in [0.717, 1.165) is 6.42 Å². The van der Waals surface area contributed by atoms with E-state index in [2.05, 4.69) is 19.2 Å². The molecule has 1 aliphatic rings. The Labute approximate surface area is 118 Å². The number of amides is 3. The Kier molecular flexibility index (Phi) is 4.27. The van der Waals surface area contributed by atoms with Crippen LogP contribution in [0.4, 0.5) is 10.5 Å². The molecule has 1 fully saturated rings. The van der Waals surface area contributed by atoms with Crippen LogP contribution in [0.25, 0.3) is 0 Å². The fraction of sp³-hybridized carbons (Fsp3) is 0.467. The Hall–Kier alpha value is -2.04. The van der Waals surface area contributed by atoms with Crippen molar-refractivity contribution in [2.75, 3.05) is 18.6 Å². The van der Waals surface area contributed by atoms with Crippen molar-refractivity contribution >= 4 is 17.6 Å². The molecule has 108 valence electrons. The molecule has 5 nitrogen and oxygen atoms in total. The molecule has 1 unspecified atom stereocenters. The van der Waals surface area contributed by atoms with Crippen LogP contribution in [0.5, 0.6) is 5.75 Å². The molecule has 0 bridgehead atoms. The van der Waals surface area contributed by atoms with Crippen LogP contribution in [0.15, 0.2) is 24.3 Å². The fourth-order valence-electron chi connectivity index (χ4n) is 2.39. The van der Waals surface area contributed by atoms with E-state index in [1.54, 1.807) is 31.4 Å². The van der Waals surface area contributed by atoms with Crippen LogP contribution in [-0.2, 0) is 4.79 Å². The van der Waals surface area contributed by atoms with E-state index in [9.17, 15) is 9.59 Å². The molecule has 1 heterocycles. The third kappa shape index (κ3) is 2.92. The predicted molar refractivity (Wildman–Crippen MR) is 76.8 cm³/mol. The van der Waals surface area contributed by atoms with Crippen LogP contribution in [0.2, 0.25) is 0 Å². The summed E-state index contributed by atoms with van der Waals surface area (Å²) in [5, 5.41) is 2.78. The van der Waals surface area contributed by atoms with Crippen molar-refractivity contribution in [1.82, 2.24) is 5.32 Å². The standard InChI is InChI=1S/C15H20N2O3/c1-10(2)8-11-9-16-15(19)17(14(11)18)12-4-6-13(20-3)7-5-12/h4-7,10-11H,8-9H2,1-3H3,(H,16,19). The molecule has 0 spiro atoms. The summed E-state index contributed by atoms with van der Waals surface area (Å²) in [6.07, 6.45) is 0.770. The zero-order valence-corrected chi connectivity index (χ0v) is 12.1. The van der Waals surface area contributed by atoms with Crippen LogP contribution in [0, 0.1) is 11.8 Å². The van der Waals surface area contributed by atoms with Gasteiger partial charge in [-0.3, -0.25) is 4.79 Å². The quantitative estimate of drug-likeness (QED) is 0.918. The number of nitrogens with one attached hydrogen (secondary N) is 1. The van der Waals surface area contributed by atoms with Crippen molar-refractivity contribution in [1.29, 1.82) is 0 Å². The topological polar surface area (TPSA) is 58.6 Å². The first-order chi connectivity index (χ1) is 9.52. The Balaban J connectivity index is 2.22. The molecule has 0 aromatic heterocycles. The molecule has 1 N–H and O–H groups in total. The maximum atomic E-state index is 12.5. The maximum Gasteiger partial charge on any atom is 0.328 e. The van der Waals surface area contributed by atoms with Gasteiger partial charge >= 0.3 is 6.03 Å². The Morgan fingerprint density at radius 3 is 2.50 bits per heavy atom. The smallest absolute Gasteiger partial charge is 0.328 e. The normalized spacial score (nSPS) is 19.2. The minimum atomic E-state index is -0.361. The fourth-order valence-corrected chi connectivity index (χ4v) is 2.39. The SMILES string of the molecule is COc1ccc(N2C(=O)NCC(CC(C)C)C2=O)cc1. The third-order valence-corrected chi connectivity index (χ3v) is 3.36. The van der Waals surface area contributed by atoms with Gasteiger partial charge < -0.3 is 10.1 Å². The molecule has 1 saturated heterocycles. The largest absolute Gasteiger partial charge is 0.497 e. The second kappa shape index (κ2) is 5.94. The lowest BCUT2D eigenvalue weighted by atomic mass is 9.94. The van der Waals surface area contributed by atoms with Crippen molar-refractivity contribution in [3.8, 4) is 5.75 Å². The number of anilines is 1. The van der Waals surface area contributed by atoms with Gasteiger partial charge in [0.05, 0.1) is 18.7 Å². The van der Waals surface area contributed by atoms with Crippen LogP contribution in [0.3, 0.4) is 0 Å². The number of hydrogen-bond acceptors (Lipinski definition) is 3. The molecule has 1 aliphatic heterocycles. The third-order valence-electron chi connectivity index (χ3n) is 3.36. The summed E-state index contributed by atoms with van der Waals surface area (Å²) in [6.45, 7) is 4.56. The van der Waals surface area contributed by atoms with Crippen LogP contribution < -0.4 is 15.0 Å². The molecule has 3 amide bonds. The highest BCUT2D eigenvalue weighted by atomic mass is 16.5. The second-order valence-corrected chi connectivity index (χ2v) is 5.38. The van der Waals surface area contributed by atoms with E-state index in [0.29, 0.717) is 23.9 Å². The summed E-state index contributed by atoms with van der Waals surface area (Å²) in [5.74, 6) is 0.816. The average Bonchev–Trinajstić information content (AvgIpc) is 2.42. The van der Waals surface area contributed by atoms with Crippen LogP contribution >= 0.6 is 0 Å². The molecule has 0 radical (unpaired) electrons. The van der Waals surface area contributed by atoms with Gasteiger partial charge in [-0.05, 0) is 36.6 Å². The van der Waals surface area contributed by atoms with E-state index < -0.39 is 0 Å². The number of imide groups is 1. The van der Waals surface area contributed by atoms with Gasteiger partial charge in [0, 0.05) is 6.54 Å². The number of methoxy groups -OCH3 is 1. The lowest BCUT2D eigenvalue weighted by Crippen LogP contribution is -2.55. The average molecular weight is 276 g/mol. The van der Waals surface area contributed by atoms with Gasteiger partial charge in [0.1, 0.15) is 5.75 Å². The number of carbonyl (C=O) groups excluding carboxylic acids is 2. The lowest BCUT2D eigenvalue weighted by Gasteiger charge is -2.32. The van der Waals surface area contributed by atoms with E-state index >= 15 is 0 Å². The highest BCUT2D eigenvalue weighted by molar-refractivity contribution is 6.16. The first-order valence-corrected chi connectivity index (χ1v) is 6.78. The summed E-state index contributed by atoms with van der Waals surface area (Å²) in [7, 11) is 1.58. The monoisotopic (exact) mass is 276 g/mol. The number of rotatable bonds is 4. The molecule has 1 aromatic rings.